The average Bonchev–Trinajstić information content (AvgIpc) is 2.48. The molecular formula is C7H18OS2. The maximum atomic E-state index is 7.35. The molecule has 1 fully saturated rings. The summed E-state index contributed by atoms with van der Waals surface area (Å²) >= 11 is 3.71. The van der Waals surface area contributed by atoms with Crippen LogP contribution in [-0.2, 0) is 0 Å². The minimum absolute atomic E-state index is 0.444. The van der Waals surface area contributed by atoms with Crippen LogP contribution in [0.2, 0.25) is 0 Å². The highest BCUT2D eigenvalue weighted by Gasteiger charge is 1.95. The fourth-order valence-corrected chi connectivity index (χ4v) is 0.884. The van der Waals surface area contributed by atoms with Crippen molar-refractivity contribution in [2.75, 3.05) is 0 Å². The lowest BCUT2D eigenvalue weighted by Crippen LogP contribution is -1.47. The zero-order chi connectivity index (χ0) is 8.24. The Labute approximate surface area is 73.6 Å². The summed E-state index contributed by atoms with van der Waals surface area (Å²) in [6.07, 6.45) is 7.50. The molecule has 1 N–H and O–H groups in total. The van der Waals surface area contributed by atoms with Gasteiger partial charge in [-0.2, -0.15) is 0 Å². The predicted molar refractivity (Wildman–Crippen MR) is 53.6 cm³/mol. The Kier molecular flexibility index (Phi) is 21.7. The van der Waals surface area contributed by atoms with Crippen molar-refractivity contribution in [1.82, 2.24) is 0 Å². The fraction of sp³-hybridized carbons (Fsp3) is 1.00. The summed E-state index contributed by atoms with van der Waals surface area (Å²) in [6.45, 7) is 4.00. The molecular weight excluding hydrogens is 164 g/mol. The molecule has 1 aliphatic rings. The molecule has 0 aromatic heterocycles. The monoisotopic (exact) mass is 182 g/mol. The van der Waals surface area contributed by atoms with Crippen LogP contribution in [-0.4, -0.2) is 4.55 Å². The van der Waals surface area contributed by atoms with Crippen LogP contribution in [0.3, 0.4) is 0 Å². The van der Waals surface area contributed by atoms with Gasteiger partial charge in [0.15, 0.2) is 0 Å². The Morgan fingerprint density at radius 2 is 1.10 bits per heavy atom. The normalized spacial score (nSPS) is 14.4. The minimum Gasteiger partial charge on any atom is -0.321 e. The molecule has 1 rings (SSSR count). The molecule has 0 saturated heterocycles. The first-order chi connectivity index (χ1) is 4.91. The highest BCUT2D eigenvalue weighted by atomic mass is 33.1. The Morgan fingerprint density at radius 1 is 1.00 bits per heavy atom. The van der Waals surface area contributed by atoms with Gasteiger partial charge in [-0.1, -0.05) is 57.6 Å². The van der Waals surface area contributed by atoms with Crippen molar-refractivity contribution in [1.29, 1.82) is 0 Å². The van der Waals surface area contributed by atoms with Gasteiger partial charge in [-0.25, -0.2) is 0 Å². The van der Waals surface area contributed by atoms with Gasteiger partial charge in [0.2, 0.25) is 0 Å². The molecule has 0 aromatic carbocycles. The SMILES string of the molecule is C1CCCC1.CC.OSS. The van der Waals surface area contributed by atoms with Crippen LogP contribution in [0.1, 0.15) is 46.0 Å². The van der Waals surface area contributed by atoms with Gasteiger partial charge in [-0.3, -0.25) is 0 Å². The minimum atomic E-state index is 0.444. The van der Waals surface area contributed by atoms with Crippen LogP contribution in [0.15, 0.2) is 0 Å². The molecule has 0 amide bonds. The molecule has 1 aliphatic carbocycles. The number of thiol groups is 1. The maximum absolute atomic E-state index is 7.35. The van der Waals surface area contributed by atoms with E-state index in [1.807, 2.05) is 13.8 Å². The van der Waals surface area contributed by atoms with Gasteiger partial charge in [0.25, 0.3) is 0 Å². The van der Waals surface area contributed by atoms with E-state index < -0.39 is 0 Å². The number of rotatable bonds is 0. The summed E-state index contributed by atoms with van der Waals surface area (Å²) in [5.41, 5.74) is 0. The van der Waals surface area contributed by atoms with Gasteiger partial charge < -0.3 is 4.55 Å². The van der Waals surface area contributed by atoms with E-state index in [4.69, 9.17) is 4.55 Å². The summed E-state index contributed by atoms with van der Waals surface area (Å²) in [6, 6.07) is 0. The first-order valence-electron chi connectivity index (χ1n) is 3.87. The zero-order valence-corrected chi connectivity index (χ0v) is 8.55. The van der Waals surface area contributed by atoms with E-state index in [1.54, 1.807) is 0 Å². The molecule has 10 heavy (non-hydrogen) atoms. The van der Waals surface area contributed by atoms with Gasteiger partial charge >= 0.3 is 0 Å². The van der Waals surface area contributed by atoms with Crippen LogP contribution in [0, 0.1) is 0 Å². The van der Waals surface area contributed by atoms with Crippen LogP contribution in [0.4, 0.5) is 0 Å². The molecule has 1 nitrogen and oxygen atoms in total. The first kappa shape index (κ1) is 13.3. The summed E-state index contributed by atoms with van der Waals surface area (Å²) in [7, 11) is 0. The van der Waals surface area contributed by atoms with Crippen LogP contribution in [0.5, 0.6) is 0 Å². The molecule has 0 spiro atoms. The maximum Gasteiger partial charge on any atom is 0.0559 e. The van der Waals surface area contributed by atoms with Crippen LogP contribution >= 0.6 is 22.7 Å². The van der Waals surface area contributed by atoms with E-state index >= 15 is 0 Å². The molecule has 3 heteroatoms. The Balaban J connectivity index is 0. The van der Waals surface area contributed by atoms with Crippen molar-refractivity contribution in [3.05, 3.63) is 0 Å². The van der Waals surface area contributed by atoms with Gasteiger partial charge in [-0.05, 0) is 0 Å². The molecule has 0 aliphatic heterocycles. The third kappa shape index (κ3) is 15.9. The van der Waals surface area contributed by atoms with E-state index in [2.05, 4.69) is 11.7 Å². The third-order valence-electron chi connectivity index (χ3n) is 1.25. The summed E-state index contributed by atoms with van der Waals surface area (Å²) in [4.78, 5) is 0. The quantitative estimate of drug-likeness (QED) is 0.335. The highest BCUT2D eigenvalue weighted by Crippen LogP contribution is 2.15. The lowest BCUT2D eigenvalue weighted by Gasteiger charge is -1.67. The molecule has 0 unspecified atom stereocenters. The average molecular weight is 182 g/mol. The van der Waals surface area contributed by atoms with Gasteiger partial charge in [0.1, 0.15) is 0 Å². The topological polar surface area (TPSA) is 20.2 Å². The summed E-state index contributed by atoms with van der Waals surface area (Å²) in [5, 5.41) is 0. The second-order valence-corrected chi connectivity index (χ2v) is 2.50. The standard InChI is InChI=1S/C5H10.C2H6.H2OS2/c1-2-4-5-3-1;1-2;1-3-2/h1-5H2;1-2H3;1-2H. The largest absolute Gasteiger partial charge is 0.321 e. The van der Waals surface area contributed by atoms with E-state index in [0.717, 1.165) is 0 Å². The molecule has 0 aromatic rings. The first-order valence-corrected chi connectivity index (χ1v) is 5.69. The van der Waals surface area contributed by atoms with Crippen molar-refractivity contribution >= 4 is 22.7 Å². The fourth-order valence-electron chi connectivity index (χ4n) is 0.884. The smallest absolute Gasteiger partial charge is 0.0559 e. The van der Waals surface area contributed by atoms with Crippen molar-refractivity contribution < 1.29 is 4.55 Å². The van der Waals surface area contributed by atoms with E-state index in [0.29, 0.717) is 11.1 Å². The highest BCUT2D eigenvalue weighted by molar-refractivity contribution is 8.66. The van der Waals surface area contributed by atoms with Gasteiger partial charge in [0.05, 0.1) is 11.1 Å². The summed E-state index contributed by atoms with van der Waals surface area (Å²) in [5.74, 6) is 0. The van der Waals surface area contributed by atoms with Gasteiger partial charge in [0, 0.05) is 0 Å². The lowest BCUT2D eigenvalue weighted by molar-refractivity contribution is 0.676. The zero-order valence-electron chi connectivity index (χ0n) is 6.84. The van der Waals surface area contributed by atoms with Crippen LogP contribution in [0.25, 0.3) is 0 Å². The molecule has 64 valence electrons. The van der Waals surface area contributed by atoms with E-state index in [9.17, 15) is 0 Å². The molecule has 0 atom stereocenters. The Bertz CT molecular complexity index is 31.0. The molecule has 0 radical (unpaired) electrons. The van der Waals surface area contributed by atoms with Gasteiger partial charge in [-0.15, -0.1) is 0 Å². The van der Waals surface area contributed by atoms with Crippen molar-refractivity contribution in [2.24, 2.45) is 0 Å². The van der Waals surface area contributed by atoms with E-state index in [1.165, 1.54) is 32.1 Å². The predicted octanol–water partition coefficient (Wildman–Crippen LogP) is 4.01. The molecule has 0 bridgehead atoms. The third-order valence-corrected chi connectivity index (χ3v) is 1.25. The Hall–Kier alpha value is 0.660. The summed E-state index contributed by atoms with van der Waals surface area (Å²) < 4.78 is 7.35. The Morgan fingerprint density at radius 3 is 1.20 bits per heavy atom. The molecule has 1 saturated carbocycles. The van der Waals surface area contributed by atoms with E-state index in [-0.39, 0.29) is 0 Å². The lowest BCUT2D eigenvalue weighted by atomic mass is 10.4. The number of hydrogen-bond acceptors (Lipinski definition) is 3. The number of hydrogen-bond donors (Lipinski definition) is 2. The van der Waals surface area contributed by atoms with Crippen molar-refractivity contribution in [3.63, 3.8) is 0 Å². The van der Waals surface area contributed by atoms with Crippen molar-refractivity contribution in [2.45, 2.75) is 46.0 Å². The van der Waals surface area contributed by atoms with Crippen LogP contribution < -0.4 is 0 Å². The molecule has 0 heterocycles. The second-order valence-electron chi connectivity index (χ2n) is 1.85. The van der Waals surface area contributed by atoms with Crippen molar-refractivity contribution in [3.8, 4) is 0 Å². The second kappa shape index (κ2) is 16.3.